The van der Waals surface area contributed by atoms with E-state index < -0.39 is 0 Å². The smallest absolute Gasteiger partial charge is 0.134 e. The van der Waals surface area contributed by atoms with Gasteiger partial charge in [0.2, 0.25) is 0 Å². The lowest BCUT2D eigenvalue weighted by atomic mass is 9.77. The second-order valence-corrected chi connectivity index (χ2v) is 10.0. The SMILES string of the molecule is C=CCCC1CCC(c2ccc(CCc3ccc4c(F)c(CC/C=C/C)ccc4c3)cc2)CC1. The zero-order valence-corrected chi connectivity index (χ0v) is 20.7. The first-order chi connectivity index (χ1) is 16.7. The molecule has 0 saturated heterocycles. The molecule has 1 fully saturated rings. The molecule has 0 radical (unpaired) electrons. The molecule has 0 N–H and O–H groups in total. The van der Waals surface area contributed by atoms with Gasteiger partial charge in [0.05, 0.1) is 0 Å². The summed E-state index contributed by atoms with van der Waals surface area (Å²) >= 11 is 0. The van der Waals surface area contributed by atoms with Crippen molar-refractivity contribution in [2.45, 2.75) is 77.0 Å². The molecule has 1 aliphatic rings. The second-order valence-electron chi connectivity index (χ2n) is 10.0. The highest BCUT2D eigenvalue weighted by molar-refractivity contribution is 5.84. The van der Waals surface area contributed by atoms with Gasteiger partial charge in [-0.05, 0) is 111 Å². The van der Waals surface area contributed by atoms with Crippen molar-refractivity contribution in [1.82, 2.24) is 0 Å². The summed E-state index contributed by atoms with van der Waals surface area (Å²) in [4.78, 5) is 0. The van der Waals surface area contributed by atoms with Gasteiger partial charge in [0.25, 0.3) is 0 Å². The van der Waals surface area contributed by atoms with E-state index in [1.54, 1.807) is 0 Å². The van der Waals surface area contributed by atoms with E-state index >= 15 is 0 Å². The zero-order chi connectivity index (χ0) is 23.8. The zero-order valence-electron chi connectivity index (χ0n) is 20.7. The Hall–Kier alpha value is -2.67. The molecule has 0 atom stereocenters. The van der Waals surface area contributed by atoms with Crippen LogP contribution in [0.25, 0.3) is 10.8 Å². The monoisotopic (exact) mass is 454 g/mol. The molecule has 4 rings (SSSR count). The Morgan fingerprint density at radius 3 is 2.32 bits per heavy atom. The molecule has 0 aliphatic heterocycles. The standard InChI is InChI=1S/C33H39F/c1-3-5-7-9-30-21-22-31-24-27(16-23-32(31)33(30)34)11-10-26-14-19-29(20-15-26)28-17-12-25(13-18-28)8-6-4-2/h3-5,14-16,19-25,28H,2,6-13,17-18H2,1H3/b5-3+. The minimum atomic E-state index is -0.0566. The van der Waals surface area contributed by atoms with E-state index in [1.165, 1.54) is 48.8 Å². The Labute approximate surface area is 205 Å². The summed E-state index contributed by atoms with van der Waals surface area (Å²) in [5.74, 6) is 1.57. The molecule has 0 amide bonds. The van der Waals surface area contributed by atoms with Gasteiger partial charge in [0.1, 0.15) is 5.82 Å². The van der Waals surface area contributed by atoms with Gasteiger partial charge in [-0.15, -0.1) is 6.58 Å². The van der Waals surface area contributed by atoms with Gasteiger partial charge in [-0.25, -0.2) is 4.39 Å². The summed E-state index contributed by atoms with van der Waals surface area (Å²) < 4.78 is 14.9. The van der Waals surface area contributed by atoms with Crippen LogP contribution >= 0.6 is 0 Å². The van der Waals surface area contributed by atoms with E-state index in [2.05, 4.69) is 61.2 Å². The lowest BCUT2D eigenvalue weighted by Gasteiger charge is -2.28. The van der Waals surface area contributed by atoms with Crippen LogP contribution in [0.5, 0.6) is 0 Å². The summed E-state index contributed by atoms with van der Waals surface area (Å²) in [5, 5.41) is 1.74. The summed E-state index contributed by atoms with van der Waals surface area (Å²) in [6.45, 7) is 5.87. The summed E-state index contributed by atoms with van der Waals surface area (Å²) in [7, 11) is 0. The first kappa shape index (κ1) is 24.5. The van der Waals surface area contributed by atoms with E-state index in [-0.39, 0.29) is 5.82 Å². The Morgan fingerprint density at radius 1 is 0.853 bits per heavy atom. The van der Waals surface area contributed by atoms with Crippen molar-refractivity contribution >= 4 is 10.8 Å². The average Bonchev–Trinajstić information content (AvgIpc) is 2.88. The summed E-state index contributed by atoms with van der Waals surface area (Å²) in [5.41, 5.74) is 4.98. The molecule has 0 unspecified atom stereocenters. The number of aryl methyl sites for hydroxylation is 3. The third kappa shape index (κ3) is 6.26. The predicted octanol–water partition coefficient (Wildman–Crippen LogP) is 9.51. The second kappa shape index (κ2) is 12.2. The van der Waals surface area contributed by atoms with Gasteiger partial charge in [-0.3, -0.25) is 0 Å². The fourth-order valence-corrected chi connectivity index (χ4v) is 5.52. The average molecular weight is 455 g/mol. The third-order valence-corrected chi connectivity index (χ3v) is 7.69. The maximum atomic E-state index is 14.9. The third-order valence-electron chi connectivity index (χ3n) is 7.69. The fraction of sp³-hybridized carbons (Fsp3) is 0.394. The largest absolute Gasteiger partial charge is 0.206 e. The van der Waals surface area contributed by atoms with E-state index in [4.69, 9.17) is 0 Å². The maximum Gasteiger partial charge on any atom is 0.134 e. The van der Waals surface area contributed by atoms with Gasteiger partial charge < -0.3 is 0 Å². The van der Waals surface area contributed by atoms with Crippen LogP contribution in [-0.4, -0.2) is 0 Å². The van der Waals surface area contributed by atoms with Crippen LogP contribution in [0.1, 0.15) is 80.0 Å². The molecule has 0 heterocycles. The first-order valence-electron chi connectivity index (χ1n) is 13.2. The molecule has 1 aliphatic carbocycles. The van der Waals surface area contributed by atoms with Crippen molar-refractivity contribution in [2.24, 2.45) is 5.92 Å². The van der Waals surface area contributed by atoms with Crippen molar-refractivity contribution in [3.63, 3.8) is 0 Å². The van der Waals surface area contributed by atoms with Crippen LogP contribution in [-0.2, 0) is 19.3 Å². The molecule has 3 aromatic rings. The summed E-state index contributed by atoms with van der Waals surface area (Å²) in [6, 6.07) is 19.6. The lowest BCUT2D eigenvalue weighted by molar-refractivity contribution is 0.312. The number of hydrogen-bond acceptors (Lipinski definition) is 0. The summed E-state index contributed by atoms with van der Waals surface area (Å²) in [6.07, 6.45) is 17.7. The molecular formula is C33H39F. The molecular weight excluding hydrogens is 415 g/mol. The normalized spacial score (nSPS) is 18.5. The van der Waals surface area contributed by atoms with Crippen molar-refractivity contribution in [3.05, 3.63) is 107 Å². The number of benzene rings is 3. The molecule has 1 heteroatoms. The minimum absolute atomic E-state index is 0.0566. The molecule has 0 nitrogen and oxygen atoms in total. The van der Waals surface area contributed by atoms with Crippen LogP contribution in [0.15, 0.2) is 79.4 Å². The highest BCUT2D eigenvalue weighted by atomic mass is 19.1. The van der Waals surface area contributed by atoms with E-state index in [0.29, 0.717) is 0 Å². The molecule has 0 aromatic heterocycles. The van der Waals surface area contributed by atoms with Crippen LogP contribution in [0, 0.1) is 11.7 Å². The van der Waals surface area contributed by atoms with Crippen molar-refractivity contribution in [2.75, 3.05) is 0 Å². The van der Waals surface area contributed by atoms with E-state index in [9.17, 15) is 4.39 Å². The van der Waals surface area contributed by atoms with Crippen molar-refractivity contribution < 1.29 is 4.39 Å². The molecule has 0 spiro atoms. The number of allylic oxidation sites excluding steroid dienone is 3. The van der Waals surface area contributed by atoms with Crippen molar-refractivity contribution in [3.8, 4) is 0 Å². The first-order valence-corrected chi connectivity index (χ1v) is 13.2. The van der Waals surface area contributed by atoms with Gasteiger partial charge in [0.15, 0.2) is 0 Å². The Bertz CT molecular complexity index is 1100. The van der Waals surface area contributed by atoms with Crippen LogP contribution in [0.4, 0.5) is 4.39 Å². The lowest BCUT2D eigenvalue weighted by Crippen LogP contribution is -2.13. The minimum Gasteiger partial charge on any atom is -0.206 e. The predicted molar refractivity (Wildman–Crippen MR) is 145 cm³/mol. The Balaban J connectivity index is 1.33. The van der Waals surface area contributed by atoms with Crippen molar-refractivity contribution in [1.29, 1.82) is 0 Å². The van der Waals surface area contributed by atoms with Crippen LogP contribution in [0.3, 0.4) is 0 Å². The van der Waals surface area contributed by atoms with Crippen LogP contribution in [0.2, 0.25) is 0 Å². The number of fused-ring (bicyclic) bond motifs is 1. The quantitative estimate of drug-likeness (QED) is 0.268. The fourth-order valence-electron chi connectivity index (χ4n) is 5.52. The molecule has 1 saturated carbocycles. The highest BCUT2D eigenvalue weighted by Crippen LogP contribution is 2.37. The molecule has 3 aromatic carbocycles. The van der Waals surface area contributed by atoms with Crippen LogP contribution < -0.4 is 0 Å². The van der Waals surface area contributed by atoms with Gasteiger partial charge in [0, 0.05) is 5.39 Å². The maximum absolute atomic E-state index is 14.9. The highest BCUT2D eigenvalue weighted by Gasteiger charge is 2.21. The molecule has 0 bridgehead atoms. The van der Waals surface area contributed by atoms with Gasteiger partial charge in [-0.2, -0.15) is 0 Å². The van der Waals surface area contributed by atoms with Gasteiger partial charge >= 0.3 is 0 Å². The molecule has 178 valence electrons. The van der Waals surface area contributed by atoms with Gasteiger partial charge in [-0.1, -0.05) is 72.8 Å². The van der Waals surface area contributed by atoms with E-state index in [0.717, 1.165) is 60.3 Å². The number of halogens is 1. The topological polar surface area (TPSA) is 0 Å². The molecule has 34 heavy (non-hydrogen) atoms. The Kier molecular flexibility index (Phi) is 8.74. The van der Waals surface area contributed by atoms with E-state index in [1.807, 2.05) is 25.1 Å². The Morgan fingerprint density at radius 2 is 1.59 bits per heavy atom. The number of hydrogen-bond donors (Lipinski definition) is 0. The number of rotatable bonds is 10.